The zero-order chi connectivity index (χ0) is 27.6. The monoisotopic (exact) mass is 552 g/mol. The van der Waals surface area contributed by atoms with Crippen molar-refractivity contribution in [2.45, 2.75) is 43.9 Å². The summed E-state index contributed by atoms with van der Waals surface area (Å²) in [6, 6.07) is 16.9. The summed E-state index contributed by atoms with van der Waals surface area (Å²) >= 11 is 0. The highest BCUT2D eigenvalue weighted by Gasteiger charge is 2.19. The molecule has 1 aliphatic carbocycles. The van der Waals surface area contributed by atoms with E-state index in [0.717, 1.165) is 5.56 Å². The molecule has 204 valence electrons. The molecule has 2 aromatic carbocycles. The second-order valence-corrected chi connectivity index (χ2v) is 10.2. The number of aromatic nitrogens is 3. The van der Waals surface area contributed by atoms with Crippen LogP contribution in [0.3, 0.4) is 0 Å². The van der Waals surface area contributed by atoms with E-state index in [0.29, 0.717) is 17.3 Å². The number of benzene rings is 2. The van der Waals surface area contributed by atoms with E-state index < -0.39 is 22.6 Å². The van der Waals surface area contributed by atoms with Gasteiger partial charge < -0.3 is 20.9 Å². The Morgan fingerprint density at radius 1 is 0.923 bits per heavy atom. The number of ether oxygens (including phenoxy) is 1. The maximum atomic E-state index is 14.7. The molecular weight excluding hydrogens is 522 g/mol. The Bertz CT molecular complexity index is 1400. The summed E-state index contributed by atoms with van der Waals surface area (Å²) in [6.45, 7) is 0. The van der Waals surface area contributed by atoms with Crippen LogP contribution in [0.25, 0.3) is 11.3 Å². The van der Waals surface area contributed by atoms with Crippen LogP contribution < -0.4 is 20.9 Å². The lowest BCUT2D eigenvalue weighted by Gasteiger charge is -2.15. The third-order valence-electron chi connectivity index (χ3n) is 5.99. The Labute approximate surface area is 228 Å². The van der Waals surface area contributed by atoms with Crippen LogP contribution in [0.1, 0.15) is 37.7 Å². The quantitative estimate of drug-likeness (QED) is 0.266. The first-order valence-electron chi connectivity index (χ1n) is 12.5. The van der Waals surface area contributed by atoms with Crippen LogP contribution in [0.5, 0.6) is 11.6 Å². The van der Waals surface area contributed by atoms with Crippen molar-refractivity contribution in [2.24, 2.45) is 5.73 Å². The van der Waals surface area contributed by atoms with Crippen LogP contribution in [0.4, 0.5) is 20.4 Å². The number of nitrogens with zero attached hydrogens (tertiary/aromatic N) is 3. The summed E-state index contributed by atoms with van der Waals surface area (Å²) in [5.41, 5.74) is 12.7. The van der Waals surface area contributed by atoms with Gasteiger partial charge in [0.2, 0.25) is 17.6 Å². The third-order valence-corrected chi connectivity index (χ3v) is 7.03. The Morgan fingerprint density at radius 3 is 2.38 bits per heavy atom. The standard InChI is InChI=1S/C22H17F2N5O2S.C6H13N/c23-19-17(29-32(30)13-14-5-2-1-3-6-14)8-9-18(20(19)24)31-21-15(7-4-11-26-21)16-10-12-27-22(25)28-16;7-6-4-2-1-3-5-6/h1-12,29H,13H2,(H2,25,27,28);6H,1-5,7H2. The third kappa shape index (κ3) is 8.01. The van der Waals surface area contributed by atoms with Crippen molar-refractivity contribution < 1.29 is 17.7 Å². The van der Waals surface area contributed by atoms with Crippen molar-refractivity contribution in [3.05, 3.63) is 90.3 Å². The van der Waals surface area contributed by atoms with Crippen molar-refractivity contribution in [1.82, 2.24) is 15.0 Å². The molecule has 2 aromatic heterocycles. The second-order valence-electron chi connectivity index (χ2n) is 8.97. The summed E-state index contributed by atoms with van der Waals surface area (Å²) in [7, 11) is -1.65. The van der Waals surface area contributed by atoms with Gasteiger partial charge in [-0.25, -0.2) is 23.6 Å². The number of nitrogens with one attached hydrogen (secondary N) is 1. The summed E-state index contributed by atoms with van der Waals surface area (Å²) in [5, 5.41) is 0. The number of anilines is 2. The van der Waals surface area contributed by atoms with Crippen molar-refractivity contribution in [3.63, 3.8) is 0 Å². The number of halogens is 2. The van der Waals surface area contributed by atoms with E-state index in [2.05, 4.69) is 19.7 Å². The van der Waals surface area contributed by atoms with Gasteiger partial charge in [0, 0.05) is 18.4 Å². The highest BCUT2D eigenvalue weighted by Crippen LogP contribution is 2.34. The number of rotatable bonds is 7. The fourth-order valence-corrected chi connectivity index (χ4v) is 4.97. The molecule has 4 aromatic rings. The fourth-order valence-electron chi connectivity index (χ4n) is 4.00. The van der Waals surface area contributed by atoms with Gasteiger partial charge in [0.05, 0.1) is 22.7 Å². The van der Waals surface area contributed by atoms with E-state index in [1.807, 2.05) is 6.07 Å². The molecule has 0 spiro atoms. The minimum atomic E-state index is -1.65. The molecule has 0 amide bonds. The van der Waals surface area contributed by atoms with Gasteiger partial charge in [0.25, 0.3) is 0 Å². The molecule has 1 atom stereocenters. The Hall–Kier alpha value is -3.96. The van der Waals surface area contributed by atoms with Crippen LogP contribution in [0, 0.1) is 11.6 Å². The van der Waals surface area contributed by atoms with E-state index in [4.69, 9.17) is 16.2 Å². The van der Waals surface area contributed by atoms with Gasteiger partial charge in [-0.1, -0.05) is 49.6 Å². The van der Waals surface area contributed by atoms with Gasteiger partial charge in [0.15, 0.2) is 11.6 Å². The minimum Gasteiger partial charge on any atom is -0.435 e. The lowest BCUT2D eigenvalue weighted by molar-refractivity contribution is 0.408. The predicted octanol–water partition coefficient (Wildman–Crippen LogP) is 5.74. The molecule has 1 unspecified atom stereocenters. The second kappa shape index (κ2) is 13.7. The smallest absolute Gasteiger partial charge is 0.228 e. The largest absolute Gasteiger partial charge is 0.435 e. The van der Waals surface area contributed by atoms with Gasteiger partial charge in [-0.3, -0.25) is 0 Å². The van der Waals surface area contributed by atoms with Crippen LogP contribution in [-0.4, -0.2) is 25.2 Å². The molecule has 1 saturated carbocycles. The normalized spacial score (nSPS) is 14.1. The molecular formula is C28H30F2N6O2S. The highest BCUT2D eigenvalue weighted by molar-refractivity contribution is 7.85. The molecule has 1 fully saturated rings. The van der Waals surface area contributed by atoms with E-state index in [1.54, 1.807) is 42.5 Å². The molecule has 8 nitrogen and oxygen atoms in total. The van der Waals surface area contributed by atoms with Gasteiger partial charge in [-0.2, -0.15) is 4.39 Å². The molecule has 2 heterocycles. The average molecular weight is 553 g/mol. The number of hydrogen-bond acceptors (Lipinski definition) is 7. The lowest BCUT2D eigenvalue weighted by Crippen LogP contribution is -2.22. The SMILES string of the molecule is NC1CCCCC1.Nc1nccc(-c2cccnc2Oc2ccc(NS(=O)Cc3ccccc3)c(F)c2F)n1. The van der Waals surface area contributed by atoms with E-state index in [1.165, 1.54) is 56.6 Å². The zero-order valence-corrected chi connectivity index (χ0v) is 22.0. The van der Waals surface area contributed by atoms with Crippen molar-refractivity contribution in [2.75, 3.05) is 10.5 Å². The van der Waals surface area contributed by atoms with Crippen LogP contribution in [-0.2, 0) is 16.7 Å². The van der Waals surface area contributed by atoms with Gasteiger partial charge in [-0.05, 0) is 48.7 Å². The van der Waals surface area contributed by atoms with Crippen LogP contribution >= 0.6 is 0 Å². The fraction of sp³-hybridized carbons (Fsp3) is 0.250. The van der Waals surface area contributed by atoms with Crippen LogP contribution in [0.15, 0.2) is 73.1 Å². The Morgan fingerprint density at radius 2 is 1.69 bits per heavy atom. The maximum Gasteiger partial charge on any atom is 0.228 e. The first-order valence-corrected chi connectivity index (χ1v) is 13.9. The highest BCUT2D eigenvalue weighted by atomic mass is 32.2. The Balaban J connectivity index is 0.000000438. The molecule has 0 bridgehead atoms. The molecule has 11 heteroatoms. The first-order chi connectivity index (χ1) is 18.9. The molecule has 0 aliphatic heterocycles. The first kappa shape index (κ1) is 28.1. The summed E-state index contributed by atoms with van der Waals surface area (Å²) < 4.78 is 49.7. The molecule has 0 radical (unpaired) electrons. The van der Waals surface area contributed by atoms with Gasteiger partial charge in [0.1, 0.15) is 11.0 Å². The minimum absolute atomic E-state index is 0.0114. The number of nitrogens with two attached hydrogens (primary N) is 2. The number of nitrogen functional groups attached to an aromatic ring is 1. The van der Waals surface area contributed by atoms with Crippen molar-refractivity contribution in [1.29, 1.82) is 0 Å². The predicted molar refractivity (Wildman–Crippen MR) is 149 cm³/mol. The van der Waals surface area contributed by atoms with E-state index >= 15 is 0 Å². The molecule has 39 heavy (non-hydrogen) atoms. The molecule has 5 N–H and O–H groups in total. The van der Waals surface area contributed by atoms with Gasteiger partial charge >= 0.3 is 0 Å². The lowest BCUT2D eigenvalue weighted by atomic mass is 9.97. The average Bonchev–Trinajstić information content (AvgIpc) is 2.94. The van der Waals surface area contributed by atoms with E-state index in [9.17, 15) is 13.0 Å². The number of hydrogen-bond donors (Lipinski definition) is 3. The summed E-state index contributed by atoms with van der Waals surface area (Å²) in [4.78, 5) is 12.0. The summed E-state index contributed by atoms with van der Waals surface area (Å²) in [6.07, 6.45) is 9.57. The molecule has 0 saturated heterocycles. The number of pyridine rings is 1. The molecule has 1 aliphatic rings. The van der Waals surface area contributed by atoms with Crippen LogP contribution in [0.2, 0.25) is 0 Å². The van der Waals surface area contributed by atoms with Gasteiger partial charge in [-0.15, -0.1) is 0 Å². The molecule has 5 rings (SSSR count). The Kier molecular flexibility index (Phi) is 9.87. The van der Waals surface area contributed by atoms with E-state index in [-0.39, 0.29) is 29.0 Å². The maximum absolute atomic E-state index is 14.7. The topological polar surface area (TPSA) is 129 Å². The van der Waals surface area contributed by atoms with Crippen molar-refractivity contribution in [3.8, 4) is 22.9 Å². The summed E-state index contributed by atoms with van der Waals surface area (Å²) in [5.74, 6) is -2.65. The zero-order valence-electron chi connectivity index (χ0n) is 21.2. The van der Waals surface area contributed by atoms with Crippen molar-refractivity contribution >= 4 is 22.6 Å².